The highest BCUT2D eigenvalue weighted by atomic mass is 79.9. The van der Waals surface area contributed by atoms with Gasteiger partial charge in [0.15, 0.2) is 11.5 Å². The summed E-state index contributed by atoms with van der Waals surface area (Å²) in [6.07, 6.45) is 0. The van der Waals surface area contributed by atoms with E-state index < -0.39 is 26.5 Å². The third-order valence-corrected chi connectivity index (χ3v) is 7.22. The number of halogens is 2. The summed E-state index contributed by atoms with van der Waals surface area (Å²) in [7, 11) is -8.71. The second-order valence-corrected chi connectivity index (χ2v) is 11.2. The number of aromatic nitrogens is 1. The van der Waals surface area contributed by atoms with E-state index in [4.69, 9.17) is 24.7 Å². The van der Waals surface area contributed by atoms with Crippen LogP contribution in [0.1, 0.15) is 0 Å². The third kappa shape index (κ3) is 4.81. The minimum absolute atomic E-state index is 0.0654. The van der Waals surface area contributed by atoms with Crippen molar-refractivity contribution in [2.75, 3.05) is 7.11 Å². The van der Waals surface area contributed by atoms with Crippen LogP contribution < -0.4 is 13.1 Å². The molecule has 0 amide bonds. The third-order valence-electron chi connectivity index (χ3n) is 5.58. The highest BCUT2D eigenvalue weighted by Crippen LogP contribution is 2.49. The average molecular weight is 629 g/mol. The van der Waals surface area contributed by atoms with Crippen molar-refractivity contribution in [2.24, 2.45) is 0 Å². The number of rotatable bonds is 6. The van der Waals surface area contributed by atoms with Crippen LogP contribution in [0.15, 0.2) is 59.1 Å². The second kappa shape index (κ2) is 9.04. The maximum Gasteiger partial charge on any atom is 0.446 e. The molecule has 1 heterocycles. The van der Waals surface area contributed by atoms with Crippen molar-refractivity contribution in [1.82, 2.24) is 4.98 Å². The number of methoxy groups -OCH3 is 1. The molecule has 3 N–H and O–H groups in total. The summed E-state index contributed by atoms with van der Waals surface area (Å²) < 4.78 is 82.6. The Morgan fingerprint density at radius 1 is 0.838 bits per heavy atom. The number of fused-ring (bicyclic) bond motifs is 3. The molecule has 0 fully saturated rings. The lowest BCUT2D eigenvalue weighted by molar-refractivity contribution is 0.384. The highest BCUT2D eigenvalue weighted by Gasteiger charge is 2.28. The van der Waals surface area contributed by atoms with Gasteiger partial charge in [0, 0.05) is 26.0 Å². The molecule has 5 rings (SSSR count). The number of ether oxygens (including phenoxy) is 1. The summed E-state index contributed by atoms with van der Waals surface area (Å²) in [6, 6.07) is 14.7. The molecule has 37 heavy (non-hydrogen) atoms. The molecule has 10 nitrogen and oxygen atoms in total. The van der Waals surface area contributed by atoms with Gasteiger partial charge < -0.3 is 18.1 Å². The molecule has 14 heteroatoms. The molecule has 0 aliphatic heterocycles. The fourth-order valence-electron chi connectivity index (χ4n) is 4.20. The number of nitrogens with one attached hydrogen (secondary N) is 1. The Bertz CT molecular complexity index is 1950. The van der Waals surface area contributed by atoms with Gasteiger partial charge in [0.1, 0.15) is 5.75 Å². The van der Waals surface area contributed by atoms with Gasteiger partial charge in [0.2, 0.25) is 0 Å². The van der Waals surface area contributed by atoms with Crippen molar-refractivity contribution < 1.29 is 39.0 Å². The Morgan fingerprint density at radius 2 is 1.49 bits per heavy atom. The minimum atomic E-state index is -5.06. The molecule has 0 aliphatic carbocycles. The maximum absolute atomic E-state index is 11.9. The van der Waals surface area contributed by atoms with E-state index in [1.165, 1.54) is 19.2 Å². The molecule has 0 saturated heterocycles. The zero-order chi connectivity index (χ0) is 26.7. The van der Waals surface area contributed by atoms with Crippen molar-refractivity contribution in [3.63, 3.8) is 0 Å². The van der Waals surface area contributed by atoms with Gasteiger partial charge in [-0.05, 0) is 29.7 Å². The van der Waals surface area contributed by atoms with Gasteiger partial charge in [-0.3, -0.25) is 9.11 Å². The molecular weight excluding hydrogens is 614 g/mol. The molecular formula is C23H15BrClNO9S2. The minimum Gasteiger partial charge on any atom is -0.496 e. The standard InChI is InChI=1S/C23H15BrClNO9S2/c1-33-18-10-17(22(34-36(27,28)29)15-5-3-2-4-14(15)18)21-23(35-37(30,31)32)16-9-11-8-12(24)6-7-13(11)19(25)20(16)26-21/h2-10,26H,1H3,(H,27,28,29)(H,30,31,32). The molecule has 0 bridgehead atoms. The molecule has 0 unspecified atom stereocenters. The highest BCUT2D eigenvalue weighted by molar-refractivity contribution is 9.10. The van der Waals surface area contributed by atoms with Gasteiger partial charge >= 0.3 is 20.8 Å². The van der Waals surface area contributed by atoms with E-state index in [-0.39, 0.29) is 44.1 Å². The van der Waals surface area contributed by atoms with E-state index in [0.717, 1.165) is 4.47 Å². The van der Waals surface area contributed by atoms with Crippen LogP contribution in [0.2, 0.25) is 5.02 Å². The smallest absolute Gasteiger partial charge is 0.446 e. The summed E-state index contributed by atoms with van der Waals surface area (Å²) in [5, 5.41) is 2.25. The van der Waals surface area contributed by atoms with E-state index >= 15 is 0 Å². The topological polar surface area (TPSA) is 152 Å². The van der Waals surface area contributed by atoms with E-state index in [1.54, 1.807) is 42.5 Å². The van der Waals surface area contributed by atoms with E-state index in [1.807, 2.05) is 0 Å². The number of hydrogen-bond donors (Lipinski definition) is 3. The van der Waals surface area contributed by atoms with Crippen LogP contribution in [-0.2, 0) is 20.8 Å². The summed E-state index contributed by atoms with van der Waals surface area (Å²) in [5.41, 5.74) is 0.0472. The Labute approximate surface area is 223 Å². The number of hydrogen-bond acceptors (Lipinski definition) is 7. The molecule has 0 aliphatic rings. The van der Waals surface area contributed by atoms with E-state index in [9.17, 15) is 25.9 Å². The molecule has 0 saturated carbocycles. The second-order valence-electron chi connectivity index (χ2n) is 7.83. The first kappa shape index (κ1) is 25.6. The Balaban J connectivity index is 1.96. The van der Waals surface area contributed by atoms with E-state index in [0.29, 0.717) is 16.2 Å². The zero-order valence-electron chi connectivity index (χ0n) is 18.5. The van der Waals surface area contributed by atoms with Crippen LogP contribution >= 0.6 is 27.5 Å². The van der Waals surface area contributed by atoms with Crippen LogP contribution in [0, 0.1) is 0 Å². The normalized spacial score (nSPS) is 12.4. The maximum atomic E-state index is 11.9. The van der Waals surface area contributed by atoms with Gasteiger partial charge in [-0.25, -0.2) is 0 Å². The van der Waals surface area contributed by atoms with Crippen molar-refractivity contribution >= 4 is 80.8 Å². The Hall–Kier alpha value is -3.07. The first-order valence-corrected chi connectivity index (χ1v) is 14.1. The summed E-state index contributed by atoms with van der Waals surface area (Å²) >= 11 is 10.0. The average Bonchev–Trinajstić information content (AvgIpc) is 3.15. The van der Waals surface area contributed by atoms with Crippen LogP contribution in [-0.4, -0.2) is 38.0 Å². The number of H-pyrrole nitrogens is 1. The molecule has 192 valence electrons. The lowest BCUT2D eigenvalue weighted by atomic mass is 10.0. The zero-order valence-corrected chi connectivity index (χ0v) is 22.5. The quantitative estimate of drug-likeness (QED) is 0.194. The van der Waals surface area contributed by atoms with Gasteiger partial charge in [0.25, 0.3) is 0 Å². The Kier molecular flexibility index (Phi) is 6.25. The SMILES string of the molecule is COc1cc(-c2[nH]c3c(Cl)c4ccc(Br)cc4cc3c2OS(=O)(=O)O)c(OS(=O)(=O)O)c2ccccc12. The van der Waals surface area contributed by atoms with Crippen molar-refractivity contribution in [2.45, 2.75) is 0 Å². The van der Waals surface area contributed by atoms with Crippen LogP contribution in [0.25, 0.3) is 43.7 Å². The lowest BCUT2D eigenvalue weighted by Gasteiger charge is -2.15. The first-order valence-electron chi connectivity index (χ1n) is 10.2. The molecule has 0 radical (unpaired) electrons. The predicted octanol–water partition coefficient (Wildman–Crippen LogP) is 5.93. The fourth-order valence-corrected chi connectivity index (χ4v) is 5.67. The largest absolute Gasteiger partial charge is 0.496 e. The monoisotopic (exact) mass is 627 g/mol. The van der Waals surface area contributed by atoms with Crippen LogP contribution in [0.5, 0.6) is 17.2 Å². The lowest BCUT2D eigenvalue weighted by Crippen LogP contribution is -2.09. The molecule has 1 aromatic heterocycles. The summed E-state index contributed by atoms with van der Waals surface area (Å²) in [5.74, 6) is -0.474. The van der Waals surface area contributed by atoms with Crippen molar-refractivity contribution in [3.8, 4) is 28.5 Å². The number of benzene rings is 4. The molecule has 0 atom stereocenters. The molecule has 5 aromatic rings. The van der Waals surface area contributed by atoms with Crippen molar-refractivity contribution in [1.29, 1.82) is 0 Å². The summed E-state index contributed by atoms with van der Waals surface area (Å²) in [6.45, 7) is 0. The number of aromatic amines is 1. The fraction of sp³-hybridized carbons (Fsp3) is 0.0435. The van der Waals surface area contributed by atoms with Crippen molar-refractivity contribution in [3.05, 3.63) is 64.1 Å². The van der Waals surface area contributed by atoms with Crippen LogP contribution in [0.3, 0.4) is 0 Å². The van der Waals surface area contributed by atoms with Gasteiger partial charge in [-0.1, -0.05) is 57.9 Å². The summed E-state index contributed by atoms with van der Waals surface area (Å²) in [4.78, 5) is 2.96. The first-order chi connectivity index (χ1) is 17.4. The molecule has 0 spiro atoms. The van der Waals surface area contributed by atoms with Gasteiger partial charge in [0.05, 0.1) is 28.9 Å². The van der Waals surface area contributed by atoms with Crippen LogP contribution in [0.4, 0.5) is 0 Å². The van der Waals surface area contributed by atoms with Gasteiger partial charge in [-0.15, -0.1) is 0 Å². The van der Waals surface area contributed by atoms with E-state index in [2.05, 4.69) is 20.9 Å². The Morgan fingerprint density at radius 3 is 2.14 bits per heavy atom. The predicted molar refractivity (Wildman–Crippen MR) is 142 cm³/mol. The molecule has 4 aromatic carbocycles. The van der Waals surface area contributed by atoms with Gasteiger partial charge in [-0.2, -0.15) is 16.8 Å².